The van der Waals surface area contributed by atoms with Crippen molar-refractivity contribution < 1.29 is 24.0 Å². The topological polar surface area (TPSA) is 76.1 Å². The maximum absolute atomic E-state index is 12.2. The van der Waals surface area contributed by atoms with Gasteiger partial charge in [0, 0.05) is 18.5 Å². The van der Waals surface area contributed by atoms with Gasteiger partial charge in [-0.15, -0.1) is 6.58 Å². The van der Waals surface area contributed by atoms with Gasteiger partial charge in [-0.2, -0.15) is 0 Å². The number of hydrogen-bond acceptors (Lipinski definition) is 7. The number of carbonyl (C=O) groups excluding carboxylic acids is 1. The lowest BCUT2D eigenvalue weighted by atomic mass is 9.99. The summed E-state index contributed by atoms with van der Waals surface area (Å²) in [5.41, 5.74) is 0. The number of ether oxygens (including phenoxy) is 1. The molecule has 0 aromatic carbocycles. The van der Waals surface area contributed by atoms with Crippen LogP contribution in [0.25, 0.3) is 0 Å². The number of hydrogen-bond donors (Lipinski definition) is 1. The van der Waals surface area contributed by atoms with Crippen LogP contribution in [0.5, 0.6) is 0 Å². The third kappa shape index (κ3) is 7.81. The van der Waals surface area contributed by atoms with E-state index in [0.29, 0.717) is 18.4 Å². The average Bonchev–Trinajstić information content (AvgIpc) is 2.89. The molecule has 0 radical (unpaired) electrons. The van der Waals surface area contributed by atoms with Crippen molar-refractivity contribution in [3.63, 3.8) is 0 Å². The van der Waals surface area contributed by atoms with Gasteiger partial charge in [-0.25, -0.2) is 5.26 Å². The van der Waals surface area contributed by atoms with E-state index in [1.807, 2.05) is 13.8 Å². The minimum Gasteiger partial charge on any atom is -0.405 e. The highest BCUT2D eigenvalue weighted by molar-refractivity contribution is 8.25. The van der Waals surface area contributed by atoms with Crippen molar-refractivity contribution in [2.24, 2.45) is 5.92 Å². The summed E-state index contributed by atoms with van der Waals surface area (Å²) >= 11 is 3.82. The average molecular weight is 351 g/mol. The Hall–Kier alpha value is -0.300. The number of likely N-dealkylation sites (tertiary alicyclic amines) is 1. The zero-order chi connectivity index (χ0) is 17.3. The molecule has 1 aliphatic heterocycles. The lowest BCUT2D eigenvalue weighted by Gasteiger charge is -2.27. The molecule has 8 heteroatoms. The summed E-state index contributed by atoms with van der Waals surface area (Å²) in [5.74, 6) is 0.433. The zero-order valence-electron chi connectivity index (χ0n) is 13.6. The first kappa shape index (κ1) is 21.7. The molecule has 0 aromatic heterocycles. The molecular weight excluding hydrogens is 325 g/mol. The van der Waals surface area contributed by atoms with E-state index in [4.69, 9.17) is 9.99 Å². The third-order valence-electron chi connectivity index (χ3n) is 3.38. The van der Waals surface area contributed by atoms with E-state index in [2.05, 4.69) is 42.2 Å². The highest BCUT2D eigenvalue weighted by Crippen LogP contribution is 2.25. The van der Waals surface area contributed by atoms with E-state index in [-0.39, 0.29) is 18.1 Å². The summed E-state index contributed by atoms with van der Waals surface area (Å²) in [5, 5.41) is 7.26. The van der Waals surface area contributed by atoms with Crippen LogP contribution < -0.4 is 0 Å². The molecule has 1 rings (SSSR count). The molecule has 128 valence electrons. The highest BCUT2D eigenvalue weighted by Gasteiger charge is 2.38. The Bertz CT molecular complexity index is 378. The maximum atomic E-state index is 12.2. The van der Waals surface area contributed by atoms with Crippen LogP contribution in [0.2, 0.25) is 0 Å². The summed E-state index contributed by atoms with van der Waals surface area (Å²) in [6, 6.07) is 0.421. The molecule has 0 aromatic rings. The molecule has 1 aliphatic rings. The summed E-state index contributed by atoms with van der Waals surface area (Å²) in [7, 11) is -2.21. The normalized spacial score (nSPS) is 22.5. The molecule has 0 aliphatic carbocycles. The molecule has 6 nitrogen and oxygen atoms in total. The molecule has 1 N–H and O–H groups in total. The molecule has 3 atom stereocenters. The quantitative estimate of drug-likeness (QED) is 0.248. The lowest BCUT2D eigenvalue weighted by Crippen LogP contribution is -2.42. The van der Waals surface area contributed by atoms with Gasteiger partial charge >= 0.3 is 7.23 Å². The van der Waals surface area contributed by atoms with Gasteiger partial charge in [-0.1, -0.05) is 24.5 Å². The van der Waals surface area contributed by atoms with Crippen LogP contribution in [-0.4, -0.2) is 47.3 Å². The Morgan fingerprint density at radius 3 is 2.41 bits per heavy atom. The fraction of sp³-hybridized carbons (Fsp3) is 0.786. The monoisotopic (exact) mass is 351 g/mol. The van der Waals surface area contributed by atoms with E-state index in [9.17, 15) is 9.36 Å². The Morgan fingerprint density at radius 1 is 1.50 bits per heavy atom. The van der Waals surface area contributed by atoms with Gasteiger partial charge in [-0.3, -0.25) is 9.69 Å². The fourth-order valence-corrected chi connectivity index (χ4v) is 2.38. The molecule has 0 amide bonds. The number of carbonyl (C=O) groups is 1. The first-order valence-corrected chi connectivity index (χ1v) is 9.41. The summed E-state index contributed by atoms with van der Waals surface area (Å²) < 4.78 is 18.1. The molecule has 1 fully saturated rings. The van der Waals surface area contributed by atoms with Crippen molar-refractivity contribution in [2.45, 2.75) is 52.3 Å². The molecule has 0 saturated carbocycles. The number of nitrogens with zero attached hydrogens (tertiary/aromatic N) is 1. The molecule has 0 spiro atoms. The molecule has 1 saturated heterocycles. The van der Waals surface area contributed by atoms with Gasteiger partial charge in [0.05, 0.1) is 18.8 Å². The number of rotatable bonds is 7. The summed E-state index contributed by atoms with van der Waals surface area (Å²) in [6.07, 6.45) is 2.75. The van der Waals surface area contributed by atoms with Crippen molar-refractivity contribution in [1.82, 2.24) is 4.90 Å². The van der Waals surface area contributed by atoms with E-state index >= 15 is 0 Å². The SMILES string of the molecule is C=CCO[C@@H]1C[C@@H](C(=O)C(C)C)N(C(C)C)C1.O=[P+]([S-])OO. The van der Waals surface area contributed by atoms with E-state index in [0.717, 1.165) is 13.0 Å². The van der Waals surface area contributed by atoms with Crippen molar-refractivity contribution in [1.29, 1.82) is 0 Å². The van der Waals surface area contributed by atoms with Crippen LogP contribution in [0.4, 0.5) is 0 Å². The Kier molecular flexibility index (Phi) is 11.1. The predicted octanol–water partition coefficient (Wildman–Crippen LogP) is 2.95. The minimum atomic E-state index is -2.21. The zero-order valence-corrected chi connectivity index (χ0v) is 15.3. The maximum Gasteiger partial charge on any atom is 0.410 e. The van der Waals surface area contributed by atoms with Crippen molar-refractivity contribution >= 4 is 25.3 Å². The fourth-order valence-electron chi connectivity index (χ4n) is 2.38. The first-order valence-electron chi connectivity index (χ1n) is 7.22. The van der Waals surface area contributed by atoms with Crippen LogP contribution in [0, 0.1) is 5.92 Å². The number of ketones is 1. The van der Waals surface area contributed by atoms with Crippen molar-refractivity contribution in [2.75, 3.05) is 13.2 Å². The second-order valence-electron chi connectivity index (χ2n) is 5.65. The predicted molar refractivity (Wildman–Crippen MR) is 88.7 cm³/mol. The molecule has 1 unspecified atom stereocenters. The Morgan fingerprint density at radius 2 is 2.05 bits per heavy atom. The van der Waals surface area contributed by atoms with Gasteiger partial charge in [0.2, 0.25) is 0 Å². The van der Waals surface area contributed by atoms with Crippen LogP contribution in [0.15, 0.2) is 12.7 Å². The molecule has 22 heavy (non-hydrogen) atoms. The highest BCUT2D eigenvalue weighted by atomic mass is 32.7. The molecule has 1 heterocycles. The van der Waals surface area contributed by atoms with Gasteiger partial charge in [0.25, 0.3) is 0 Å². The minimum absolute atomic E-state index is 0.0322. The molecule has 0 bridgehead atoms. The number of Topliss-reactive ketones (excluding diaryl/α,β-unsaturated/α-hetero) is 1. The Balaban J connectivity index is 0.000000763. The van der Waals surface area contributed by atoms with Gasteiger partial charge < -0.3 is 17.0 Å². The third-order valence-corrected chi connectivity index (χ3v) is 3.71. The van der Waals surface area contributed by atoms with E-state index in [1.165, 1.54) is 0 Å². The summed E-state index contributed by atoms with van der Waals surface area (Å²) in [6.45, 7) is 13.3. The van der Waals surface area contributed by atoms with E-state index < -0.39 is 7.23 Å². The Labute approximate surface area is 138 Å². The second-order valence-corrected chi connectivity index (χ2v) is 7.15. The first-order chi connectivity index (χ1) is 10.2. The van der Waals surface area contributed by atoms with Crippen LogP contribution in [-0.2, 0) is 31.0 Å². The van der Waals surface area contributed by atoms with Crippen LogP contribution >= 0.6 is 7.23 Å². The lowest BCUT2D eigenvalue weighted by molar-refractivity contribution is -0.126. The largest absolute Gasteiger partial charge is 0.410 e. The van der Waals surface area contributed by atoms with Gasteiger partial charge in [0.15, 0.2) is 5.78 Å². The standard InChI is InChI=1S/C14H25NO2.HO3PS/c1-6-7-17-12-8-13(14(16)10(2)3)15(9-12)11(4)5;1-3-4(2)5/h6,10-13H,1,7-9H2,2-5H3;1H/t12-,13+;/m1./s1. The summed E-state index contributed by atoms with van der Waals surface area (Å²) in [4.78, 5) is 14.4. The molecular formula is C14H26NO5PS. The second kappa shape index (κ2) is 11.3. The van der Waals surface area contributed by atoms with Gasteiger partial charge in [-0.05, 0) is 24.9 Å². The van der Waals surface area contributed by atoms with Crippen LogP contribution in [0.3, 0.4) is 0 Å². The smallest absolute Gasteiger partial charge is 0.405 e. The van der Waals surface area contributed by atoms with Crippen LogP contribution in [0.1, 0.15) is 34.1 Å². The van der Waals surface area contributed by atoms with E-state index in [1.54, 1.807) is 6.08 Å². The van der Waals surface area contributed by atoms with Crippen molar-refractivity contribution in [3.8, 4) is 0 Å². The van der Waals surface area contributed by atoms with Gasteiger partial charge in [0.1, 0.15) is 0 Å². The van der Waals surface area contributed by atoms with Crippen molar-refractivity contribution in [3.05, 3.63) is 12.7 Å².